The fourth-order valence-electron chi connectivity index (χ4n) is 2.46. The zero-order valence-corrected chi connectivity index (χ0v) is 13.7. The van der Waals surface area contributed by atoms with Crippen molar-refractivity contribution in [2.45, 2.75) is 45.6 Å². The van der Waals surface area contributed by atoms with E-state index in [0.717, 1.165) is 11.4 Å². The molecule has 0 saturated carbocycles. The molecule has 0 aliphatic heterocycles. The summed E-state index contributed by atoms with van der Waals surface area (Å²) in [5, 5.41) is 4.35. The first-order valence-electron chi connectivity index (χ1n) is 7.77. The summed E-state index contributed by atoms with van der Waals surface area (Å²) in [6, 6.07) is 17.3. The van der Waals surface area contributed by atoms with E-state index in [-0.39, 0.29) is 0 Å². The van der Waals surface area contributed by atoms with E-state index in [9.17, 15) is 0 Å². The van der Waals surface area contributed by atoms with Crippen LogP contribution in [0, 0.1) is 0 Å². The fraction of sp³-hybridized carbons (Fsp3) is 0.368. The van der Waals surface area contributed by atoms with Crippen LogP contribution in [-0.2, 0) is 12.8 Å². The lowest BCUT2D eigenvalue weighted by Crippen LogP contribution is -2.17. The van der Waals surface area contributed by atoms with E-state index in [2.05, 4.69) is 55.6 Å². The molecule has 1 atom stereocenters. The number of hydrogen-bond donors (Lipinski definition) is 1. The van der Waals surface area contributed by atoms with Crippen molar-refractivity contribution < 1.29 is 0 Å². The van der Waals surface area contributed by atoms with Crippen molar-refractivity contribution in [1.29, 1.82) is 0 Å². The summed E-state index contributed by atoms with van der Waals surface area (Å²) < 4.78 is 0. The lowest BCUT2D eigenvalue weighted by atomic mass is 10.1. The Morgan fingerprint density at radius 2 is 1.57 bits per heavy atom. The van der Waals surface area contributed by atoms with Crippen LogP contribution in [0.5, 0.6) is 0 Å². The molecule has 0 aliphatic rings. The Morgan fingerprint density at radius 3 is 2.19 bits per heavy atom. The van der Waals surface area contributed by atoms with E-state index in [4.69, 9.17) is 11.6 Å². The van der Waals surface area contributed by atoms with Gasteiger partial charge in [0.25, 0.3) is 0 Å². The van der Waals surface area contributed by atoms with E-state index in [0.29, 0.717) is 6.04 Å². The summed E-state index contributed by atoms with van der Waals surface area (Å²) in [7, 11) is 0. The Morgan fingerprint density at radius 1 is 0.952 bits per heavy atom. The maximum atomic E-state index is 5.91. The van der Waals surface area contributed by atoms with Crippen LogP contribution in [-0.4, -0.2) is 6.04 Å². The first-order valence-corrected chi connectivity index (χ1v) is 8.15. The van der Waals surface area contributed by atoms with Crippen molar-refractivity contribution in [1.82, 2.24) is 0 Å². The molecule has 2 rings (SSSR count). The van der Waals surface area contributed by atoms with Crippen LogP contribution in [0.4, 0.5) is 5.69 Å². The average Bonchev–Trinajstić information content (AvgIpc) is 2.49. The van der Waals surface area contributed by atoms with Gasteiger partial charge < -0.3 is 5.32 Å². The maximum absolute atomic E-state index is 5.91. The van der Waals surface area contributed by atoms with Gasteiger partial charge in [0.05, 0.1) is 0 Å². The molecule has 2 aromatic rings. The van der Waals surface area contributed by atoms with Gasteiger partial charge in [-0.3, -0.25) is 0 Å². The van der Waals surface area contributed by atoms with Crippen molar-refractivity contribution >= 4 is 17.3 Å². The van der Waals surface area contributed by atoms with E-state index < -0.39 is 0 Å². The summed E-state index contributed by atoms with van der Waals surface area (Å²) >= 11 is 5.91. The molecular formula is C19H24ClN. The van der Waals surface area contributed by atoms with Crippen molar-refractivity contribution in [3.8, 4) is 0 Å². The molecule has 2 heteroatoms. The normalized spacial score (nSPS) is 12.1. The van der Waals surface area contributed by atoms with E-state index in [1.54, 1.807) is 0 Å². The Labute approximate surface area is 133 Å². The minimum atomic E-state index is 0.396. The third-order valence-electron chi connectivity index (χ3n) is 3.64. The lowest BCUT2D eigenvalue weighted by Gasteiger charge is -2.16. The number of halogens is 1. The minimum Gasteiger partial charge on any atom is -0.382 e. The van der Waals surface area contributed by atoms with Crippen molar-refractivity contribution in [2.24, 2.45) is 0 Å². The highest BCUT2D eigenvalue weighted by Gasteiger charge is 2.04. The van der Waals surface area contributed by atoms with Crippen LogP contribution >= 0.6 is 11.6 Å². The van der Waals surface area contributed by atoms with Crippen LogP contribution in [0.25, 0.3) is 0 Å². The zero-order chi connectivity index (χ0) is 15.1. The van der Waals surface area contributed by atoms with Crippen molar-refractivity contribution in [2.75, 3.05) is 5.32 Å². The van der Waals surface area contributed by atoms with Crippen LogP contribution in [0.1, 0.15) is 37.8 Å². The first kappa shape index (κ1) is 15.9. The number of anilines is 1. The van der Waals surface area contributed by atoms with E-state index in [1.165, 1.54) is 36.1 Å². The SMILES string of the molecule is CCCCc1ccc(NC(C)Cc2ccc(Cl)cc2)cc1. The van der Waals surface area contributed by atoms with Gasteiger partial charge in [-0.1, -0.05) is 49.2 Å². The van der Waals surface area contributed by atoms with Gasteiger partial charge in [0.2, 0.25) is 0 Å². The minimum absolute atomic E-state index is 0.396. The maximum Gasteiger partial charge on any atom is 0.0406 e. The number of nitrogens with one attached hydrogen (secondary N) is 1. The molecule has 1 N–H and O–H groups in total. The molecule has 0 bridgehead atoms. The lowest BCUT2D eigenvalue weighted by molar-refractivity contribution is 0.787. The van der Waals surface area contributed by atoms with Crippen LogP contribution in [0.15, 0.2) is 48.5 Å². The Hall–Kier alpha value is -1.47. The van der Waals surface area contributed by atoms with Crippen LogP contribution < -0.4 is 5.32 Å². The molecular weight excluding hydrogens is 278 g/mol. The molecule has 0 fully saturated rings. The van der Waals surface area contributed by atoms with Gasteiger partial charge in [0.15, 0.2) is 0 Å². The molecule has 0 amide bonds. The molecule has 112 valence electrons. The number of rotatable bonds is 7. The Kier molecular flexibility index (Phi) is 6.13. The van der Waals surface area contributed by atoms with E-state index >= 15 is 0 Å². The molecule has 1 unspecified atom stereocenters. The third kappa shape index (κ3) is 5.43. The van der Waals surface area contributed by atoms with Gasteiger partial charge in [-0.15, -0.1) is 0 Å². The Balaban J connectivity index is 1.87. The van der Waals surface area contributed by atoms with Gasteiger partial charge in [-0.05, 0) is 61.6 Å². The smallest absolute Gasteiger partial charge is 0.0406 e. The quantitative estimate of drug-likeness (QED) is 0.689. The highest BCUT2D eigenvalue weighted by molar-refractivity contribution is 6.30. The average molecular weight is 302 g/mol. The largest absolute Gasteiger partial charge is 0.382 e. The third-order valence-corrected chi connectivity index (χ3v) is 3.89. The first-order chi connectivity index (χ1) is 10.2. The predicted octanol–water partition coefficient (Wildman–Crippen LogP) is 5.73. The monoisotopic (exact) mass is 301 g/mol. The van der Waals surface area contributed by atoms with E-state index in [1.807, 2.05) is 12.1 Å². The van der Waals surface area contributed by atoms with Gasteiger partial charge in [-0.25, -0.2) is 0 Å². The fourth-order valence-corrected chi connectivity index (χ4v) is 2.58. The number of aryl methyl sites for hydroxylation is 1. The van der Waals surface area contributed by atoms with Crippen molar-refractivity contribution in [3.05, 3.63) is 64.7 Å². The number of hydrogen-bond acceptors (Lipinski definition) is 1. The second-order valence-electron chi connectivity index (χ2n) is 5.68. The van der Waals surface area contributed by atoms with Crippen molar-refractivity contribution in [3.63, 3.8) is 0 Å². The molecule has 0 heterocycles. The molecule has 0 radical (unpaired) electrons. The summed E-state index contributed by atoms with van der Waals surface area (Å²) in [6.07, 6.45) is 4.68. The van der Waals surface area contributed by atoms with Gasteiger partial charge >= 0.3 is 0 Å². The van der Waals surface area contributed by atoms with Crippen LogP contribution in [0.2, 0.25) is 5.02 Å². The molecule has 21 heavy (non-hydrogen) atoms. The summed E-state index contributed by atoms with van der Waals surface area (Å²) in [6.45, 7) is 4.44. The molecule has 0 saturated heterocycles. The highest BCUT2D eigenvalue weighted by atomic mass is 35.5. The number of benzene rings is 2. The molecule has 0 aliphatic carbocycles. The second-order valence-corrected chi connectivity index (χ2v) is 6.11. The van der Waals surface area contributed by atoms with Gasteiger partial charge in [0.1, 0.15) is 0 Å². The summed E-state index contributed by atoms with van der Waals surface area (Å²) in [5.74, 6) is 0. The highest BCUT2D eigenvalue weighted by Crippen LogP contribution is 2.15. The summed E-state index contributed by atoms with van der Waals surface area (Å²) in [4.78, 5) is 0. The van der Waals surface area contributed by atoms with Crippen LogP contribution in [0.3, 0.4) is 0 Å². The zero-order valence-electron chi connectivity index (χ0n) is 12.9. The molecule has 0 aromatic heterocycles. The molecule has 2 aromatic carbocycles. The number of unbranched alkanes of at least 4 members (excludes halogenated alkanes) is 1. The summed E-state index contributed by atoms with van der Waals surface area (Å²) in [5.41, 5.74) is 3.92. The second kappa shape index (κ2) is 8.09. The standard InChI is InChI=1S/C19H24ClN/c1-3-4-5-16-8-12-19(13-9-16)21-15(2)14-17-6-10-18(20)11-7-17/h6-13,15,21H,3-5,14H2,1-2H3. The molecule has 0 spiro atoms. The van der Waals surface area contributed by atoms with Gasteiger partial charge in [0, 0.05) is 16.8 Å². The molecule has 1 nitrogen and oxygen atoms in total. The topological polar surface area (TPSA) is 12.0 Å². The Bertz CT molecular complexity index is 530. The van der Waals surface area contributed by atoms with Gasteiger partial charge in [-0.2, -0.15) is 0 Å². The predicted molar refractivity (Wildman–Crippen MR) is 93.3 cm³/mol.